The molecule has 0 saturated heterocycles. The summed E-state index contributed by atoms with van der Waals surface area (Å²) in [4.78, 5) is 16.7. The van der Waals surface area contributed by atoms with Crippen LogP contribution in [0.4, 0.5) is 10.2 Å². The van der Waals surface area contributed by atoms with Gasteiger partial charge in [-0.3, -0.25) is 9.20 Å². The Balaban J connectivity index is 2.10. The first-order chi connectivity index (χ1) is 11.0. The normalized spacial score (nSPS) is 11.1. The molecule has 1 aromatic carbocycles. The summed E-state index contributed by atoms with van der Waals surface area (Å²) >= 11 is 0. The Labute approximate surface area is 134 Å². The number of imidazole rings is 1. The molecule has 0 fully saturated rings. The van der Waals surface area contributed by atoms with Crippen LogP contribution in [-0.4, -0.2) is 15.3 Å². The van der Waals surface area contributed by atoms with Crippen LogP contribution in [0.3, 0.4) is 0 Å². The SMILES string of the molecule is CC(C)CC(=O)Nc1c(-c2cccc(F)c2)nc2ccccn12. The van der Waals surface area contributed by atoms with Gasteiger partial charge in [-0.25, -0.2) is 9.37 Å². The van der Waals surface area contributed by atoms with Crippen molar-refractivity contribution in [2.45, 2.75) is 20.3 Å². The van der Waals surface area contributed by atoms with E-state index in [1.165, 1.54) is 12.1 Å². The minimum absolute atomic E-state index is 0.0803. The fourth-order valence-electron chi connectivity index (χ4n) is 2.51. The average Bonchev–Trinajstić information content (AvgIpc) is 2.85. The van der Waals surface area contributed by atoms with E-state index in [1.54, 1.807) is 16.5 Å². The molecule has 0 saturated carbocycles. The lowest BCUT2D eigenvalue weighted by molar-refractivity contribution is -0.116. The molecular weight excluding hydrogens is 293 g/mol. The number of pyridine rings is 1. The molecule has 118 valence electrons. The average molecular weight is 311 g/mol. The van der Waals surface area contributed by atoms with E-state index >= 15 is 0 Å². The van der Waals surface area contributed by atoms with E-state index in [2.05, 4.69) is 10.3 Å². The molecule has 3 rings (SSSR count). The van der Waals surface area contributed by atoms with Gasteiger partial charge in [0.05, 0.1) is 0 Å². The number of amides is 1. The number of nitrogens with one attached hydrogen (secondary N) is 1. The third kappa shape index (κ3) is 3.23. The third-order valence-electron chi connectivity index (χ3n) is 3.48. The highest BCUT2D eigenvalue weighted by molar-refractivity contribution is 5.94. The number of rotatable bonds is 4. The number of hydrogen-bond acceptors (Lipinski definition) is 2. The highest BCUT2D eigenvalue weighted by Gasteiger charge is 2.17. The van der Waals surface area contributed by atoms with E-state index in [0.29, 0.717) is 29.1 Å². The number of aromatic nitrogens is 2. The summed E-state index contributed by atoms with van der Waals surface area (Å²) in [6.45, 7) is 3.98. The first kappa shape index (κ1) is 15.2. The van der Waals surface area contributed by atoms with Crippen molar-refractivity contribution in [2.24, 2.45) is 5.92 Å². The molecule has 1 amide bonds. The van der Waals surface area contributed by atoms with Gasteiger partial charge >= 0.3 is 0 Å². The molecule has 0 atom stereocenters. The summed E-state index contributed by atoms with van der Waals surface area (Å²) in [5.74, 6) is 0.408. The molecule has 4 nitrogen and oxygen atoms in total. The van der Waals surface area contributed by atoms with E-state index in [0.717, 1.165) is 0 Å². The van der Waals surface area contributed by atoms with Crippen molar-refractivity contribution in [3.8, 4) is 11.3 Å². The van der Waals surface area contributed by atoms with Crippen molar-refractivity contribution in [2.75, 3.05) is 5.32 Å². The predicted molar refractivity (Wildman–Crippen MR) is 88.7 cm³/mol. The lowest BCUT2D eigenvalue weighted by Crippen LogP contribution is -2.15. The summed E-state index contributed by atoms with van der Waals surface area (Å²) < 4.78 is 15.4. The Bertz CT molecular complexity index is 854. The minimum atomic E-state index is -0.334. The van der Waals surface area contributed by atoms with E-state index in [-0.39, 0.29) is 17.6 Å². The molecule has 0 aliphatic heterocycles. The Hall–Kier alpha value is -2.69. The van der Waals surface area contributed by atoms with Crippen LogP contribution in [0.2, 0.25) is 0 Å². The second-order valence-corrected chi connectivity index (χ2v) is 5.89. The molecule has 0 spiro atoms. The highest BCUT2D eigenvalue weighted by Crippen LogP contribution is 2.29. The topological polar surface area (TPSA) is 46.4 Å². The standard InChI is InChI=1S/C18H18FN3O/c1-12(2)10-16(23)21-18-17(13-6-5-7-14(19)11-13)20-15-8-3-4-9-22(15)18/h3-9,11-12H,10H2,1-2H3,(H,21,23). The van der Waals surface area contributed by atoms with Crippen molar-refractivity contribution in [3.05, 3.63) is 54.5 Å². The molecule has 23 heavy (non-hydrogen) atoms. The maximum Gasteiger partial charge on any atom is 0.225 e. The summed E-state index contributed by atoms with van der Waals surface area (Å²) in [6.07, 6.45) is 2.25. The molecule has 0 aliphatic rings. The Morgan fingerprint density at radius 1 is 1.26 bits per heavy atom. The van der Waals surface area contributed by atoms with Gasteiger partial charge in [0.1, 0.15) is 23.0 Å². The van der Waals surface area contributed by atoms with Gasteiger partial charge in [-0.1, -0.05) is 32.0 Å². The molecular formula is C18H18FN3O. The summed E-state index contributed by atoms with van der Waals surface area (Å²) in [6, 6.07) is 11.8. The zero-order valence-corrected chi connectivity index (χ0v) is 13.1. The van der Waals surface area contributed by atoms with Crippen molar-refractivity contribution < 1.29 is 9.18 Å². The van der Waals surface area contributed by atoms with Crippen molar-refractivity contribution >= 4 is 17.4 Å². The van der Waals surface area contributed by atoms with E-state index in [1.807, 2.05) is 38.2 Å². The zero-order valence-electron chi connectivity index (χ0n) is 13.1. The molecule has 2 heterocycles. The molecule has 1 N–H and O–H groups in total. The monoisotopic (exact) mass is 311 g/mol. The number of carbonyl (C=O) groups excluding carboxylic acids is 1. The summed E-state index contributed by atoms with van der Waals surface area (Å²) in [5.41, 5.74) is 1.90. The van der Waals surface area contributed by atoms with Crippen LogP contribution in [0.1, 0.15) is 20.3 Å². The fourth-order valence-corrected chi connectivity index (χ4v) is 2.51. The third-order valence-corrected chi connectivity index (χ3v) is 3.48. The maximum absolute atomic E-state index is 13.6. The number of hydrogen-bond donors (Lipinski definition) is 1. The van der Waals surface area contributed by atoms with Crippen LogP contribution < -0.4 is 5.32 Å². The Morgan fingerprint density at radius 2 is 2.09 bits per heavy atom. The minimum Gasteiger partial charge on any atom is -0.310 e. The van der Waals surface area contributed by atoms with Gasteiger partial charge in [-0.2, -0.15) is 0 Å². The second kappa shape index (κ2) is 6.20. The quantitative estimate of drug-likeness (QED) is 0.787. The van der Waals surface area contributed by atoms with Gasteiger partial charge in [-0.15, -0.1) is 0 Å². The predicted octanol–water partition coefficient (Wildman–Crippen LogP) is 4.13. The van der Waals surface area contributed by atoms with Crippen LogP contribution in [-0.2, 0) is 4.79 Å². The largest absolute Gasteiger partial charge is 0.310 e. The van der Waals surface area contributed by atoms with Crippen LogP contribution in [0, 0.1) is 11.7 Å². The molecule has 0 radical (unpaired) electrons. The smallest absolute Gasteiger partial charge is 0.225 e. The van der Waals surface area contributed by atoms with Crippen LogP contribution in [0.25, 0.3) is 16.9 Å². The number of halogens is 1. The lowest BCUT2D eigenvalue weighted by Gasteiger charge is -2.09. The van der Waals surface area contributed by atoms with Crippen LogP contribution in [0.5, 0.6) is 0 Å². The molecule has 0 unspecified atom stereocenters. The van der Waals surface area contributed by atoms with Crippen LogP contribution >= 0.6 is 0 Å². The first-order valence-electron chi connectivity index (χ1n) is 7.57. The highest BCUT2D eigenvalue weighted by atomic mass is 19.1. The van der Waals surface area contributed by atoms with Gasteiger partial charge in [0.2, 0.25) is 5.91 Å². The van der Waals surface area contributed by atoms with E-state index in [4.69, 9.17) is 0 Å². The zero-order chi connectivity index (χ0) is 16.4. The van der Waals surface area contributed by atoms with E-state index in [9.17, 15) is 9.18 Å². The van der Waals surface area contributed by atoms with Gasteiger partial charge < -0.3 is 5.32 Å². The number of carbonyl (C=O) groups is 1. The van der Waals surface area contributed by atoms with Gasteiger partial charge in [0, 0.05) is 18.2 Å². The van der Waals surface area contributed by atoms with Crippen molar-refractivity contribution in [1.82, 2.24) is 9.38 Å². The Kier molecular flexibility index (Phi) is 4.10. The molecule has 2 aromatic heterocycles. The Morgan fingerprint density at radius 3 is 2.83 bits per heavy atom. The van der Waals surface area contributed by atoms with Crippen molar-refractivity contribution in [3.63, 3.8) is 0 Å². The molecule has 5 heteroatoms. The number of anilines is 1. The molecule has 3 aromatic rings. The van der Waals surface area contributed by atoms with Gasteiger partial charge in [0.15, 0.2) is 0 Å². The lowest BCUT2D eigenvalue weighted by atomic mass is 10.1. The number of nitrogens with zero attached hydrogens (tertiary/aromatic N) is 2. The number of fused-ring (bicyclic) bond motifs is 1. The molecule has 0 aliphatic carbocycles. The molecule has 0 bridgehead atoms. The van der Waals surface area contributed by atoms with Crippen LogP contribution in [0.15, 0.2) is 48.7 Å². The summed E-state index contributed by atoms with van der Waals surface area (Å²) in [5, 5.41) is 2.92. The van der Waals surface area contributed by atoms with Crippen molar-refractivity contribution in [1.29, 1.82) is 0 Å². The first-order valence-corrected chi connectivity index (χ1v) is 7.57. The number of benzene rings is 1. The maximum atomic E-state index is 13.6. The van der Waals surface area contributed by atoms with Gasteiger partial charge in [0.25, 0.3) is 0 Å². The van der Waals surface area contributed by atoms with Gasteiger partial charge in [-0.05, 0) is 30.2 Å². The second-order valence-electron chi connectivity index (χ2n) is 5.89. The van der Waals surface area contributed by atoms with E-state index < -0.39 is 0 Å². The summed E-state index contributed by atoms with van der Waals surface area (Å²) in [7, 11) is 0. The fraction of sp³-hybridized carbons (Fsp3) is 0.222.